The van der Waals surface area contributed by atoms with Crippen molar-refractivity contribution in [2.45, 2.75) is 12.5 Å². The van der Waals surface area contributed by atoms with Gasteiger partial charge in [0.05, 0.1) is 19.6 Å². The zero-order valence-corrected chi connectivity index (χ0v) is 8.40. The van der Waals surface area contributed by atoms with Crippen LogP contribution in [0.15, 0.2) is 30.3 Å². The molecule has 0 aromatic heterocycles. The summed E-state index contributed by atoms with van der Waals surface area (Å²) in [6, 6.07) is 9.61. The van der Waals surface area contributed by atoms with Crippen LogP contribution < -0.4 is 0 Å². The fourth-order valence-electron chi connectivity index (χ4n) is 1.24. The van der Waals surface area contributed by atoms with Crippen LogP contribution in [0.25, 0.3) is 0 Å². The average molecular weight is 194 g/mol. The van der Waals surface area contributed by atoms with Gasteiger partial charge in [-0.05, 0) is 5.56 Å². The number of hydrogen-bond donors (Lipinski definition) is 0. The molecule has 0 fully saturated rings. The topological polar surface area (TPSA) is 35.5 Å². The molecule has 0 amide bonds. The first-order valence-corrected chi connectivity index (χ1v) is 4.42. The molecule has 1 aromatic rings. The van der Waals surface area contributed by atoms with E-state index in [1.165, 1.54) is 7.11 Å². The maximum absolute atomic E-state index is 11.1. The minimum Gasteiger partial charge on any atom is -0.469 e. The molecule has 0 heterocycles. The highest BCUT2D eigenvalue weighted by Crippen LogP contribution is 2.20. The fourth-order valence-corrected chi connectivity index (χ4v) is 1.24. The van der Waals surface area contributed by atoms with Gasteiger partial charge in [0.15, 0.2) is 0 Å². The largest absolute Gasteiger partial charge is 0.469 e. The van der Waals surface area contributed by atoms with Crippen LogP contribution in [0, 0.1) is 0 Å². The molecule has 1 rings (SSSR count). The summed E-state index contributed by atoms with van der Waals surface area (Å²) < 4.78 is 9.79. The van der Waals surface area contributed by atoms with Gasteiger partial charge in [0.1, 0.15) is 0 Å². The predicted molar refractivity (Wildman–Crippen MR) is 52.8 cm³/mol. The molecule has 0 saturated heterocycles. The van der Waals surface area contributed by atoms with Crippen LogP contribution in [0.5, 0.6) is 0 Å². The molecule has 3 nitrogen and oxygen atoms in total. The van der Waals surface area contributed by atoms with Gasteiger partial charge in [-0.3, -0.25) is 4.79 Å². The zero-order chi connectivity index (χ0) is 10.4. The number of ether oxygens (including phenoxy) is 2. The van der Waals surface area contributed by atoms with Crippen molar-refractivity contribution in [3.05, 3.63) is 35.9 Å². The van der Waals surface area contributed by atoms with E-state index in [0.29, 0.717) is 0 Å². The monoisotopic (exact) mass is 194 g/mol. The summed E-state index contributed by atoms with van der Waals surface area (Å²) in [5, 5.41) is 0. The molecule has 3 heteroatoms. The number of carbonyl (C=O) groups is 1. The summed E-state index contributed by atoms with van der Waals surface area (Å²) in [7, 11) is 2.96. The summed E-state index contributed by atoms with van der Waals surface area (Å²) in [5.74, 6) is -0.263. The Balaban J connectivity index is 2.68. The van der Waals surface area contributed by atoms with Crippen LogP contribution >= 0.6 is 0 Å². The third-order valence-electron chi connectivity index (χ3n) is 2.04. The molecular formula is C11H14O3. The number of benzene rings is 1. The molecule has 0 aliphatic carbocycles. The Hall–Kier alpha value is -1.35. The maximum atomic E-state index is 11.1. The van der Waals surface area contributed by atoms with Gasteiger partial charge in [-0.2, -0.15) is 0 Å². The lowest BCUT2D eigenvalue weighted by molar-refractivity contribution is -0.143. The fraction of sp³-hybridized carbons (Fsp3) is 0.364. The summed E-state index contributed by atoms with van der Waals surface area (Å²) in [5.41, 5.74) is 0.986. The third kappa shape index (κ3) is 2.85. The summed E-state index contributed by atoms with van der Waals surface area (Å²) in [4.78, 5) is 11.1. The smallest absolute Gasteiger partial charge is 0.308 e. The van der Waals surface area contributed by atoms with Crippen LogP contribution in [-0.4, -0.2) is 20.2 Å². The van der Waals surface area contributed by atoms with Crippen LogP contribution in [0.3, 0.4) is 0 Å². The van der Waals surface area contributed by atoms with Crippen molar-refractivity contribution in [3.63, 3.8) is 0 Å². The van der Waals surface area contributed by atoms with E-state index in [0.717, 1.165) is 5.56 Å². The van der Waals surface area contributed by atoms with Crippen LogP contribution in [0.4, 0.5) is 0 Å². The quantitative estimate of drug-likeness (QED) is 0.687. The van der Waals surface area contributed by atoms with Crippen molar-refractivity contribution in [2.24, 2.45) is 0 Å². The van der Waals surface area contributed by atoms with Gasteiger partial charge < -0.3 is 9.47 Å². The van der Waals surface area contributed by atoms with Gasteiger partial charge >= 0.3 is 5.97 Å². The van der Waals surface area contributed by atoms with Gasteiger partial charge in [0.2, 0.25) is 0 Å². The molecule has 1 unspecified atom stereocenters. The van der Waals surface area contributed by atoms with Gasteiger partial charge in [-0.15, -0.1) is 0 Å². The van der Waals surface area contributed by atoms with E-state index in [1.807, 2.05) is 30.3 Å². The number of hydrogen-bond acceptors (Lipinski definition) is 3. The van der Waals surface area contributed by atoms with Crippen molar-refractivity contribution in [2.75, 3.05) is 14.2 Å². The molecular weight excluding hydrogens is 180 g/mol. The van der Waals surface area contributed by atoms with E-state index < -0.39 is 0 Å². The minimum absolute atomic E-state index is 0.219. The van der Waals surface area contributed by atoms with Gasteiger partial charge in [-0.25, -0.2) is 0 Å². The predicted octanol–water partition coefficient (Wildman–Crippen LogP) is 1.94. The minimum atomic E-state index is -0.263. The second-order valence-corrected chi connectivity index (χ2v) is 2.92. The molecule has 1 atom stereocenters. The molecule has 0 saturated carbocycles. The third-order valence-corrected chi connectivity index (χ3v) is 2.04. The first kappa shape index (κ1) is 10.7. The molecule has 14 heavy (non-hydrogen) atoms. The lowest BCUT2D eigenvalue weighted by Gasteiger charge is -2.13. The molecule has 0 aliphatic rings. The molecule has 0 radical (unpaired) electrons. The van der Waals surface area contributed by atoms with Crippen molar-refractivity contribution in [1.82, 2.24) is 0 Å². The Morgan fingerprint density at radius 1 is 1.29 bits per heavy atom. The second kappa shape index (κ2) is 5.40. The first-order chi connectivity index (χ1) is 6.77. The van der Waals surface area contributed by atoms with Crippen molar-refractivity contribution in [1.29, 1.82) is 0 Å². The first-order valence-electron chi connectivity index (χ1n) is 4.42. The van der Waals surface area contributed by atoms with Gasteiger partial charge in [0.25, 0.3) is 0 Å². The number of esters is 1. The molecule has 0 aliphatic heterocycles. The van der Waals surface area contributed by atoms with Crippen molar-refractivity contribution in [3.8, 4) is 0 Å². The summed E-state index contributed by atoms with van der Waals surface area (Å²) >= 11 is 0. The Bertz CT molecular complexity index is 282. The molecule has 1 aromatic carbocycles. The Kier molecular flexibility index (Phi) is 4.13. The normalized spacial score (nSPS) is 12.1. The van der Waals surface area contributed by atoms with E-state index in [1.54, 1.807) is 7.11 Å². The Morgan fingerprint density at radius 2 is 1.93 bits per heavy atom. The molecule has 76 valence electrons. The van der Waals surface area contributed by atoms with E-state index in [-0.39, 0.29) is 18.5 Å². The number of rotatable bonds is 4. The number of carbonyl (C=O) groups excluding carboxylic acids is 1. The second-order valence-electron chi connectivity index (χ2n) is 2.92. The molecule has 0 spiro atoms. The molecule has 0 bridgehead atoms. The lowest BCUT2D eigenvalue weighted by atomic mass is 10.1. The summed E-state index contributed by atoms with van der Waals surface area (Å²) in [6.07, 6.45) is 0.0282. The van der Waals surface area contributed by atoms with Crippen LogP contribution in [0.1, 0.15) is 18.1 Å². The Labute approximate surface area is 83.6 Å². The SMILES string of the molecule is COC(=O)CC(OC)c1ccccc1. The molecule has 0 N–H and O–H groups in total. The zero-order valence-electron chi connectivity index (χ0n) is 8.40. The summed E-state index contributed by atoms with van der Waals surface area (Å²) in [6.45, 7) is 0. The maximum Gasteiger partial charge on any atom is 0.308 e. The van der Waals surface area contributed by atoms with Crippen LogP contribution in [-0.2, 0) is 14.3 Å². The Morgan fingerprint density at radius 3 is 2.43 bits per heavy atom. The van der Waals surface area contributed by atoms with Gasteiger partial charge in [0, 0.05) is 7.11 Å². The highest BCUT2D eigenvalue weighted by atomic mass is 16.5. The standard InChI is InChI=1S/C11H14O3/c1-13-10(8-11(12)14-2)9-6-4-3-5-7-9/h3-7,10H,8H2,1-2H3. The van der Waals surface area contributed by atoms with E-state index in [9.17, 15) is 4.79 Å². The highest BCUT2D eigenvalue weighted by molar-refractivity contribution is 5.70. The van der Waals surface area contributed by atoms with E-state index in [4.69, 9.17) is 4.74 Å². The number of methoxy groups -OCH3 is 2. The van der Waals surface area contributed by atoms with E-state index >= 15 is 0 Å². The van der Waals surface area contributed by atoms with E-state index in [2.05, 4.69) is 4.74 Å². The van der Waals surface area contributed by atoms with Crippen molar-refractivity contribution < 1.29 is 14.3 Å². The highest BCUT2D eigenvalue weighted by Gasteiger charge is 2.14. The lowest BCUT2D eigenvalue weighted by Crippen LogP contribution is -2.10. The van der Waals surface area contributed by atoms with Crippen LogP contribution in [0.2, 0.25) is 0 Å². The average Bonchev–Trinajstić information content (AvgIpc) is 2.26. The van der Waals surface area contributed by atoms with Crippen molar-refractivity contribution >= 4 is 5.97 Å². The van der Waals surface area contributed by atoms with Gasteiger partial charge in [-0.1, -0.05) is 30.3 Å².